The van der Waals surface area contributed by atoms with Gasteiger partial charge >= 0.3 is 12.2 Å². The van der Waals surface area contributed by atoms with Gasteiger partial charge in [-0.15, -0.1) is 0 Å². The molecule has 0 radical (unpaired) electrons. The van der Waals surface area contributed by atoms with Crippen LogP contribution in [0.1, 0.15) is 82.2 Å². The topological polar surface area (TPSA) is 151 Å². The number of amides is 2. The van der Waals surface area contributed by atoms with E-state index in [0.29, 0.717) is 56.4 Å². The number of nitrogens with zero attached hydrogens (tertiary/aromatic N) is 5. The van der Waals surface area contributed by atoms with Gasteiger partial charge in [-0.25, -0.2) is 19.1 Å². The van der Waals surface area contributed by atoms with Gasteiger partial charge in [0.1, 0.15) is 17.0 Å². The summed E-state index contributed by atoms with van der Waals surface area (Å²) in [5.41, 5.74) is 2.34. The SMILES string of the molecule is Cc1nn(CCOCCOCCNC(=O)OC(C)(C)C)c2cc(C(=O)Nc3cc4c(cn3)cc([C@H]3CCCN3C)n4C(=O)OC(C)(C)C)ccc12. The Kier molecular flexibility index (Phi) is 11.7. The number of rotatable bonds is 12. The van der Waals surface area contributed by atoms with Crippen molar-refractivity contribution in [1.29, 1.82) is 0 Å². The van der Waals surface area contributed by atoms with Crippen molar-refractivity contribution >= 4 is 45.7 Å². The van der Waals surface area contributed by atoms with E-state index >= 15 is 0 Å². The van der Waals surface area contributed by atoms with Gasteiger partial charge in [0.25, 0.3) is 5.91 Å². The van der Waals surface area contributed by atoms with Crippen molar-refractivity contribution in [3.05, 3.63) is 53.5 Å². The van der Waals surface area contributed by atoms with Crippen molar-refractivity contribution in [2.24, 2.45) is 0 Å². The Bertz CT molecular complexity index is 1870. The number of carbonyl (C=O) groups excluding carboxylic acids is 3. The summed E-state index contributed by atoms with van der Waals surface area (Å²) in [6.07, 6.45) is 2.71. The highest BCUT2D eigenvalue weighted by atomic mass is 16.6. The number of benzene rings is 1. The number of alkyl carbamates (subject to hydrolysis) is 1. The van der Waals surface area contributed by atoms with E-state index in [9.17, 15) is 14.4 Å². The monoisotopic (exact) mass is 705 g/mol. The fraction of sp³-hybridized carbons (Fsp3) is 0.541. The molecule has 0 spiro atoms. The number of likely N-dealkylation sites (tertiary alicyclic amines) is 1. The summed E-state index contributed by atoms with van der Waals surface area (Å²) >= 11 is 0. The third kappa shape index (κ3) is 9.83. The Labute approximate surface area is 298 Å². The molecule has 1 fully saturated rings. The second-order valence-corrected chi connectivity index (χ2v) is 14.8. The van der Waals surface area contributed by atoms with Gasteiger partial charge in [0, 0.05) is 40.8 Å². The van der Waals surface area contributed by atoms with Crippen LogP contribution in [0.15, 0.2) is 36.5 Å². The van der Waals surface area contributed by atoms with E-state index in [1.165, 1.54) is 0 Å². The van der Waals surface area contributed by atoms with Gasteiger partial charge < -0.3 is 29.6 Å². The van der Waals surface area contributed by atoms with Crippen LogP contribution in [-0.2, 0) is 25.5 Å². The summed E-state index contributed by atoms with van der Waals surface area (Å²) in [7, 11) is 2.06. The first-order valence-corrected chi connectivity index (χ1v) is 17.5. The van der Waals surface area contributed by atoms with E-state index in [1.54, 1.807) is 29.0 Å². The van der Waals surface area contributed by atoms with E-state index in [-0.39, 0.29) is 11.9 Å². The fourth-order valence-corrected chi connectivity index (χ4v) is 6.08. The molecule has 1 aromatic carbocycles. The Morgan fingerprint density at radius 1 is 0.922 bits per heavy atom. The summed E-state index contributed by atoms with van der Waals surface area (Å²) in [4.78, 5) is 45.5. The number of hydrogen-bond donors (Lipinski definition) is 2. The largest absolute Gasteiger partial charge is 0.444 e. The number of fused-ring (bicyclic) bond motifs is 2. The average molecular weight is 706 g/mol. The van der Waals surface area contributed by atoms with E-state index in [1.807, 2.05) is 65.3 Å². The number of aryl methyl sites for hydroxylation is 1. The zero-order chi connectivity index (χ0) is 36.9. The van der Waals surface area contributed by atoms with Crippen LogP contribution in [0.3, 0.4) is 0 Å². The van der Waals surface area contributed by atoms with Crippen LogP contribution in [0.5, 0.6) is 0 Å². The molecule has 3 aromatic heterocycles. The van der Waals surface area contributed by atoms with Crippen LogP contribution in [0.2, 0.25) is 0 Å². The van der Waals surface area contributed by atoms with Crippen LogP contribution in [0.25, 0.3) is 21.8 Å². The fourth-order valence-electron chi connectivity index (χ4n) is 6.08. The van der Waals surface area contributed by atoms with Gasteiger partial charge in [0.05, 0.1) is 55.7 Å². The van der Waals surface area contributed by atoms with Crippen molar-refractivity contribution in [2.75, 3.05) is 51.9 Å². The van der Waals surface area contributed by atoms with Gasteiger partial charge in [0.15, 0.2) is 0 Å². The molecule has 2 N–H and O–H groups in total. The minimum atomic E-state index is -0.676. The summed E-state index contributed by atoms with van der Waals surface area (Å²) in [6.45, 7) is 16.1. The number of ether oxygens (including phenoxy) is 4. The minimum Gasteiger partial charge on any atom is -0.444 e. The maximum Gasteiger partial charge on any atom is 0.419 e. The molecule has 14 heteroatoms. The molecule has 0 unspecified atom stereocenters. The smallest absolute Gasteiger partial charge is 0.419 e. The minimum absolute atomic E-state index is 0.0709. The first-order valence-electron chi connectivity index (χ1n) is 17.5. The highest BCUT2D eigenvalue weighted by Gasteiger charge is 2.31. The molecule has 1 atom stereocenters. The van der Waals surface area contributed by atoms with Crippen molar-refractivity contribution in [1.82, 2.24) is 29.5 Å². The molecule has 0 aliphatic carbocycles. The molecule has 0 bridgehead atoms. The number of carbonyl (C=O) groups is 3. The van der Waals surface area contributed by atoms with E-state index in [4.69, 9.17) is 18.9 Å². The Morgan fingerprint density at radius 3 is 2.33 bits per heavy atom. The van der Waals surface area contributed by atoms with Crippen LogP contribution in [-0.4, -0.2) is 100 Å². The Balaban J connectivity index is 1.21. The molecule has 5 rings (SSSR count). The highest BCUT2D eigenvalue weighted by Crippen LogP contribution is 2.35. The van der Waals surface area contributed by atoms with Gasteiger partial charge in [-0.3, -0.25) is 14.4 Å². The Morgan fingerprint density at radius 2 is 1.65 bits per heavy atom. The lowest BCUT2D eigenvalue weighted by Crippen LogP contribution is -2.34. The normalized spacial score (nSPS) is 15.4. The molecule has 4 heterocycles. The summed E-state index contributed by atoms with van der Waals surface area (Å²) in [5, 5.41) is 12.0. The summed E-state index contributed by atoms with van der Waals surface area (Å²) < 4.78 is 25.7. The van der Waals surface area contributed by atoms with Crippen molar-refractivity contribution in [2.45, 2.75) is 85.1 Å². The van der Waals surface area contributed by atoms with Crippen LogP contribution < -0.4 is 10.6 Å². The van der Waals surface area contributed by atoms with Crippen LogP contribution in [0, 0.1) is 6.92 Å². The zero-order valence-electron chi connectivity index (χ0n) is 31.0. The lowest BCUT2D eigenvalue weighted by molar-refractivity contribution is 0.0379. The molecule has 4 aromatic rings. The molecular weight excluding hydrogens is 654 g/mol. The molecule has 1 saturated heterocycles. The highest BCUT2D eigenvalue weighted by molar-refractivity contribution is 6.06. The van der Waals surface area contributed by atoms with Crippen LogP contribution >= 0.6 is 0 Å². The van der Waals surface area contributed by atoms with Gasteiger partial charge in [-0.1, -0.05) is 6.07 Å². The second kappa shape index (κ2) is 15.8. The second-order valence-electron chi connectivity index (χ2n) is 14.8. The number of hydrogen-bond acceptors (Lipinski definition) is 10. The first kappa shape index (κ1) is 37.7. The molecule has 0 saturated carbocycles. The van der Waals surface area contributed by atoms with Gasteiger partial charge in [-0.2, -0.15) is 5.10 Å². The average Bonchev–Trinajstić information content (AvgIpc) is 3.72. The number of aromatic nitrogens is 4. The molecule has 14 nitrogen and oxygen atoms in total. The summed E-state index contributed by atoms with van der Waals surface area (Å²) in [5.74, 6) is -0.0161. The molecule has 2 amide bonds. The third-order valence-corrected chi connectivity index (χ3v) is 8.33. The standard InChI is InChI=1S/C37H51N7O7/c1-24-27-12-11-25(20-30(27)43(41-24)15-17-49-19-18-48-16-13-38-34(46)50-36(2,3)4)33(45)40-32-22-29-26(23-39-32)21-31(28-10-9-14-42(28)8)44(29)35(47)51-37(5,6)7/h11-12,20-23,28H,9-10,13-19H2,1-8H3,(H,38,46)(H,39,40,45)/t28-/m1/s1. The van der Waals surface area contributed by atoms with Crippen molar-refractivity contribution in [3.8, 4) is 0 Å². The molecule has 1 aliphatic heterocycles. The quantitative estimate of drug-likeness (QED) is 0.167. The molecule has 276 valence electrons. The maximum absolute atomic E-state index is 13.5. The lowest BCUT2D eigenvalue weighted by Gasteiger charge is -2.24. The predicted molar refractivity (Wildman–Crippen MR) is 194 cm³/mol. The first-order chi connectivity index (χ1) is 24.1. The number of anilines is 1. The van der Waals surface area contributed by atoms with Crippen molar-refractivity contribution in [3.63, 3.8) is 0 Å². The maximum atomic E-state index is 13.5. The molecular formula is C37H51N7O7. The van der Waals surface area contributed by atoms with E-state index < -0.39 is 23.4 Å². The third-order valence-electron chi connectivity index (χ3n) is 8.33. The van der Waals surface area contributed by atoms with Gasteiger partial charge in [0.2, 0.25) is 0 Å². The van der Waals surface area contributed by atoms with Gasteiger partial charge in [-0.05, 0) is 93.1 Å². The van der Waals surface area contributed by atoms with E-state index in [2.05, 4.69) is 32.7 Å². The number of pyridine rings is 1. The summed E-state index contributed by atoms with van der Waals surface area (Å²) in [6, 6.07) is 9.24. The van der Waals surface area contributed by atoms with E-state index in [0.717, 1.165) is 47.1 Å². The zero-order valence-corrected chi connectivity index (χ0v) is 31.0. The Hall–Kier alpha value is -4.53. The van der Waals surface area contributed by atoms with Crippen molar-refractivity contribution < 1.29 is 33.3 Å². The molecule has 51 heavy (non-hydrogen) atoms. The molecule has 1 aliphatic rings. The predicted octanol–water partition coefficient (Wildman–Crippen LogP) is 6.05. The number of nitrogens with one attached hydrogen (secondary N) is 2. The van der Waals surface area contributed by atoms with Crippen LogP contribution in [0.4, 0.5) is 15.4 Å². The lowest BCUT2D eigenvalue weighted by atomic mass is 10.1.